The minimum atomic E-state index is -1.01. The first kappa shape index (κ1) is 14.8. The van der Waals surface area contributed by atoms with Crippen LogP contribution in [0.2, 0.25) is 0 Å². The lowest BCUT2D eigenvalue weighted by Gasteiger charge is -2.30. The van der Waals surface area contributed by atoms with Crippen molar-refractivity contribution in [3.8, 4) is 0 Å². The van der Waals surface area contributed by atoms with Gasteiger partial charge < -0.3 is 10.0 Å². The standard InChI is InChI=1S/C15H23N3O2/c1-15(2,3)11-5-4-9-18(10-6-11)13-12(14(19)20)16-7-8-17-13/h7-8,11H,4-6,9-10H2,1-3H3,(H,19,20). The van der Waals surface area contributed by atoms with Crippen molar-refractivity contribution >= 4 is 11.8 Å². The quantitative estimate of drug-likeness (QED) is 0.900. The zero-order valence-electron chi connectivity index (χ0n) is 12.5. The van der Waals surface area contributed by atoms with Crippen molar-refractivity contribution in [2.24, 2.45) is 11.3 Å². The maximum absolute atomic E-state index is 11.2. The van der Waals surface area contributed by atoms with E-state index in [4.69, 9.17) is 0 Å². The summed E-state index contributed by atoms with van der Waals surface area (Å²) in [6.07, 6.45) is 6.32. The number of hydrogen-bond donors (Lipinski definition) is 1. The summed E-state index contributed by atoms with van der Waals surface area (Å²) in [5.41, 5.74) is 0.357. The van der Waals surface area contributed by atoms with Gasteiger partial charge in [-0.25, -0.2) is 14.8 Å². The van der Waals surface area contributed by atoms with Gasteiger partial charge in [-0.05, 0) is 30.6 Å². The molecule has 1 N–H and O–H groups in total. The fraction of sp³-hybridized carbons (Fsp3) is 0.667. The van der Waals surface area contributed by atoms with Gasteiger partial charge in [0.15, 0.2) is 11.5 Å². The van der Waals surface area contributed by atoms with Gasteiger partial charge in [-0.3, -0.25) is 0 Å². The molecular weight excluding hydrogens is 254 g/mol. The summed E-state index contributed by atoms with van der Waals surface area (Å²) >= 11 is 0. The van der Waals surface area contributed by atoms with Crippen LogP contribution in [0.15, 0.2) is 12.4 Å². The predicted octanol–water partition coefficient (Wildman–Crippen LogP) is 2.83. The van der Waals surface area contributed by atoms with E-state index in [1.54, 1.807) is 6.20 Å². The summed E-state index contributed by atoms with van der Waals surface area (Å²) in [7, 11) is 0. The van der Waals surface area contributed by atoms with E-state index in [0.29, 0.717) is 17.2 Å². The largest absolute Gasteiger partial charge is 0.476 e. The lowest BCUT2D eigenvalue weighted by atomic mass is 9.77. The van der Waals surface area contributed by atoms with E-state index in [0.717, 1.165) is 25.9 Å². The van der Waals surface area contributed by atoms with Crippen LogP contribution in [0.5, 0.6) is 0 Å². The monoisotopic (exact) mass is 277 g/mol. The SMILES string of the molecule is CC(C)(C)C1CCCN(c2nccnc2C(=O)O)CC1. The Bertz CT molecular complexity index is 482. The lowest BCUT2D eigenvalue weighted by molar-refractivity contribution is 0.0690. The van der Waals surface area contributed by atoms with E-state index in [2.05, 4.69) is 35.6 Å². The van der Waals surface area contributed by atoms with Crippen molar-refractivity contribution in [2.45, 2.75) is 40.0 Å². The highest BCUT2D eigenvalue weighted by atomic mass is 16.4. The Morgan fingerprint density at radius 3 is 2.60 bits per heavy atom. The summed E-state index contributed by atoms with van der Waals surface area (Å²) in [6, 6.07) is 0. The predicted molar refractivity (Wildman–Crippen MR) is 78.0 cm³/mol. The van der Waals surface area contributed by atoms with E-state index in [-0.39, 0.29) is 5.69 Å². The van der Waals surface area contributed by atoms with Crippen molar-refractivity contribution in [1.29, 1.82) is 0 Å². The molecule has 1 fully saturated rings. The smallest absolute Gasteiger partial charge is 0.358 e. The zero-order chi connectivity index (χ0) is 14.8. The molecule has 1 aliphatic rings. The van der Waals surface area contributed by atoms with Crippen LogP contribution in [-0.2, 0) is 0 Å². The molecule has 5 nitrogen and oxygen atoms in total. The fourth-order valence-corrected chi connectivity index (χ4v) is 2.89. The molecule has 0 radical (unpaired) electrons. The highest BCUT2D eigenvalue weighted by Crippen LogP contribution is 2.35. The van der Waals surface area contributed by atoms with Gasteiger partial charge >= 0.3 is 5.97 Å². The molecule has 1 aliphatic heterocycles. The van der Waals surface area contributed by atoms with Crippen LogP contribution in [0.1, 0.15) is 50.5 Å². The van der Waals surface area contributed by atoms with E-state index in [1.165, 1.54) is 12.6 Å². The molecule has 0 spiro atoms. The van der Waals surface area contributed by atoms with E-state index < -0.39 is 5.97 Å². The molecule has 0 bridgehead atoms. The third-order valence-corrected chi connectivity index (χ3v) is 4.13. The Hall–Kier alpha value is -1.65. The first-order valence-electron chi connectivity index (χ1n) is 7.19. The summed E-state index contributed by atoms with van der Waals surface area (Å²) < 4.78 is 0. The number of rotatable bonds is 2. The van der Waals surface area contributed by atoms with Gasteiger partial charge in [-0.15, -0.1) is 0 Å². The molecule has 5 heteroatoms. The number of carboxylic acid groups (broad SMARTS) is 1. The number of anilines is 1. The van der Waals surface area contributed by atoms with Gasteiger partial charge in [-0.2, -0.15) is 0 Å². The fourth-order valence-electron chi connectivity index (χ4n) is 2.89. The molecule has 2 rings (SSSR count). The Labute approximate surface area is 120 Å². The molecule has 1 saturated heterocycles. The Morgan fingerprint density at radius 1 is 1.25 bits per heavy atom. The number of carboxylic acids is 1. The number of aromatic carboxylic acids is 1. The molecule has 2 heterocycles. The van der Waals surface area contributed by atoms with Crippen molar-refractivity contribution < 1.29 is 9.90 Å². The van der Waals surface area contributed by atoms with Gasteiger partial charge in [0.05, 0.1) is 0 Å². The zero-order valence-corrected chi connectivity index (χ0v) is 12.5. The van der Waals surface area contributed by atoms with Gasteiger partial charge in [0.1, 0.15) is 0 Å². The van der Waals surface area contributed by atoms with Gasteiger partial charge in [-0.1, -0.05) is 20.8 Å². The average Bonchev–Trinajstić information content (AvgIpc) is 2.63. The van der Waals surface area contributed by atoms with Gasteiger partial charge in [0.25, 0.3) is 0 Å². The van der Waals surface area contributed by atoms with Crippen molar-refractivity contribution in [3.05, 3.63) is 18.1 Å². The van der Waals surface area contributed by atoms with Crippen molar-refractivity contribution in [3.63, 3.8) is 0 Å². The maximum Gasteiger partial charge on any atom is 0.358 e. The van der Waals surface area contributed by atoms with E-state index in [9.17, 15) is 9.90 Å². The van der Waals surface area contributed by atoms with Crippen LogP contribution in [0.3, 0.4) is 0 Å². The van der Waals surface area contributed by atoms with Crippen LogP contribution in [-0.4, -0.2) is 34.1 Å². The van der Waals surface area contributed by atoms with E-state index in [1.807, 2.05) is 0 Å². The second-order valence-electron chi connectivity index (χ2n) is 6.51. The molecular formula is C15H23N3O2. The molecule has 1 unspecified atom stereocenters. The van der Waals surface area contributed by atoms with E-state index >= 15 is 0 Å². The first-order valence-corrected chi connectivity index (χ1v) is 7.19. The second kappa shape index (κ2) is 5.77. The molecule has 0 aromatic carbocycles. The highest BCUT2D eigenvalue weighted by molar-refractivity contribution is 5.90. The number of aromatic nitrogens is 2. The normalized spacial score (nSPS) is 20.6. The maximum atomic E-state index is 11.2. The van der Waals surface area contributed by atoms with Crippen LogP contribution in [0, 0.1) is 11.3 Å². The van der Waals surface area contributed by atoms with Gasteiger partial charge in [0.2, 0.25) is 0 Å². The highest BCUT2D eigenvalue weighted by Gasteiger charge is 2.28. The van der Waals surface area contributed by atoms with Crippen LogP contribution >= 0.6 is 0 Å². The average molecular weight is 277 g/mol. The van der Waals surface area contributed by atoms with Crippen LogP contribution in [0.25, 0.3) is 0 Å². The molecule has 1 aromatic heterocycles. The molecule has 0 saturated carbocycles. The number of carbonyl (C=O) groups is 1. The molecule has 110 valence electrons. The third-order valence-electron chi connectivity index (χ3n) is 4.13. The Kier molecular flexibility index (Phi) is 4.26. The van der Waals surface area contributed by atoms with Crippen molar-refractivity contribution in [1.82, 2.24) is 9.97 Å². The van der Waals surface area contributed by atoms with Crippen molar-refractivity contribution in [2.75, 3.05) is 18.0 Å². The minimum Gasteiger partial charge on any atom is -0.476 e. The Morgan fingerprint density at radius 2 is 1.95 bits per heavy atom. The third kappa shape index (κ3) is 3.26. The summed E-state index contributed by atoms with van der Waals surface area (Å²) in [4.78, 5) is 21.5. The van der Waals surface area contributed by atoms with Crippen LogP contribution < -0.4 is 4.90 Å². The minimum absolute atomic E-state index is 0.0571. The number of nitrogens with zero attached hydrogens (tertiary/aromatic N) is 3. The van der Waals surface area contributed by atoms with Gasteiger partial charge in [0, 0.05) is 25.5 Å². The summed E-state index contributed by atoms with van der Waals surface area (Å²) in [6.45, 7) is 8.53. The second-order valence-corrected chi connectivity index (χ2v) is 6.51. The van der Waals surface area contributed by atoms with Crippen LogP contribution in [0.4, 0.5) is 5.82 Å². The molecule has 1 atom stereocenters. The topological polar surface area (TPSA) is 66.3 Å². The Balaban J connectivity index is 2.17. The molecule has 0 aliphatic carbocycles. The lowest BCUT2D eigenvalue weighted by Crippen LogP contribution is -2.28. The summed E-state index contributed by atoms with van der Waals surface area (Å²) in [5, 5.41) is 9.22. The summed E-state index contributed by atoms with van der Waals surface area (Å²) in [5.74, 6) is 0.164. The molecule has 1 aromatic rings. The molecule has 20 heavy (non-hydrogen) atoms. The number of hydrogen-bond acceptors (Lipinski definition) is 4. The first-order chi connectivity index (χ1) is 9.39. The molecule has 0 amide bonds.